The molecule has 1 amide bonds. The number of hydrogen-bond acceptors (Lipinski definition) is 4. The van der Waals surface area contributed by atoms with E-state index in [1.54, 1.807) is 0 Å². The molecule has 26 heavy (non-hydrogen) atoms. The van der Waals surface area contributed by atoms with Crippen LogP contribution in [-0.4, -0.2) is 30.9 Å². The van der Waals surface area contributed by atoms with Gasteiger partial charge in [0.2, 0.25) is 0 Å². The van der Waals surface area contributed by atoms with Crippen LogP contribution in [0.4, 0.5) is 10.5 Å². The number of aliphatic hydroxyl groups is 1. The van der Waals surface area contributed by atoms with Gasteiger partial charge in [0.1, 0.15) is 6.61 Å². The molecule has 2 N–H and O–H groups in total. The molecule has 0 unspecified atom stereocenters. The van der Waals surface area contributed by atoms with Gasteiger partial charge >= 0.3 is 6.09 Å². The summed E-state index contributed by atoms with van der Waals surface area (Å²) >= 11 is 0. The molecule has 0 aliphatic carbocycles. The molecule has 0 bridgehead atoms. The quantitative estimate of drug-likeness (QED) is 0.835. The Hall–Kier alpha value is -2.53. The number of carbonyl (C=O) groups is 1. The first kappa shape index (κ1) is 18.3. The first-order valence-electron chi connectivity index (χ1n) is 9.14. The van der Waals surface area contributed by atoms with E-state index in [9.17, 15) is 9.90 Å². The van der Waals surface area contributed by atoms with Gasteiger partial charge in [0.15, 0.2) is 0 Å². The molecule has 1 heterocycles. The minimum Gasteiger partial charge on any atom is -0.445 e. The summed E-state index contributed by atoms with van der Waals surface area (Å²) in [7, 11) is 0. The third-order valence-electron chi connectivity index (χ3n) is 4.82. The highest BCUT2D eigenvalue weighted by atomic mass is 16.5. The molecule has 0 radical (unpaired) electrons. The highest BCUT2D eigenvalue weighted by Crippen LogP contribution is 2.23. The molecule has 138 valence electrons. The lowest BCUT2D eigenvalue weighted by Crippen LogP contribution is -2.34. The Labute approximate surface area is 154 Å². The summed E-state index contributed by atoms with van der Waals surface area (Å²) in [6.45, 7) is 2.97. The maximum Gasteiger partial charge on any atom is 0.407 e. The van der Waals surface area contributed by atoms with Gasteiger partial charge in [0, 0.05) is 31.9 Å². The lowest BCUT2D eigenvalue weighted by atomic mass is 9.97. The predicted molar refractivity (Wildman–Crippen MR) is 102 cm³/mol. The Kier molecular flexibility index (Phi) is 6.50. The van der Waals surface area contributed by atoms with Crippen LogP contribution in [0.2, 0.25) is 0 Å². The fraction of sp³-hybridized carbons (Fsp3) is 0.381. The smallest absolute Gasteiger partial charge is 0.407 e. The van der Waals surface area contributed by atoms with Crippen LogP contribution in [0.25, 0.3) is 0 Å². The molecule has 1 aliphatic rings. The third kappa shape index (κ3) is 5.23. The zero-order valence-corrected chi connectivity index (χ0v) is 14.9. The largest absolute Gasteiger partial charge is 0.445 e. The molecule has 0 aromatic heterocycles. The van der Waals surface area contributed by atoms with Crippen molar-refractivity contribution in [2.75, 3.05) is 24.6 Å². The molecule has 2 aromatic carbocycles. The Morgan fingerprint density at radius 1 is 1.04 bits per heavy atom. The molecule has 0 saturated carbocycles. The first-order chi connectivity index (χ1) is 12.7. The predicted octanol–water partition coefficient (Wildman–Crippen LogP) is 3.32. The second kappa shape index (κ2) is 9.25. The van der Waals surface area contributed by atoms with E-state index < -0.39 is 6.09 Å². The minimum atomic E-state index is -0.413. The zero-order chi connectivity index (χ0) is 18.2. The summed E-state index contributed by atoms with van der Waals surface area (Å²) in [6, 6.07) is 17.9. The fourth-order valence-corrected chi connectivity index (χ4v) is 3.15. The van der Waals surface area contributed by atoms with Gasteiger partial charge in [-0.25, -0.2) is 4.79 Å². The summed E-state index contributed by atoms with van der Waals surface area (Å²) in [5.41, 5.74) is 3.20. The fourth-order valence-electron chi connectivity index (χ4n) is 3.15. The zero-order valence-electron chi connectivity index (χ0n) is 14.9. The number of benzene rings is 2. The molecule has 5 nitrogen and oxygen atoms in total. The standard InChI is InChI=1S/C21H26N2O3/c24-15-18-10-12-23(13-11-18)20-8-6-17(7-9-20)14-22-21(25)26-16-19-4-2-1-3-5-19/h1-9,18,24H,10-16H2,(H,22,25). The van der Waals surface area contributed by atoms with Gasteiger partial charge in [-0.1, -0.05) is 42.5 Å². The maximum absolute atomic E-state index is 11.8. The number of piperidine rings is 1. The lowest BCUT2D eigenvalue weighted by Gasteiger charge is -2.33. The van der Waals surface area contributed by atoms with Crippen LogP contribution >= 0.6 is 0 Å². The summed E-state index contributed by atoms with van der Waals surface area (Å²) < 4.78 is 5.21. The average Bonchev–Trinajstić information content (AvgIpc) is 2.72. The van der Waals surface area contributed by atoms with Crippen molar-refractivity contribution in [3.63, 3.8) is 0 Å². The van der Waals surface area contributed by atoms with Crippen LogP contribution in [-0.2, 0) is 17.9 Å². The van der Waals surface area contributed by atoms with Gasteiger partial charge in [-0.3, -0.25) is 0 Å². The topological polar surface area (TPSA) is 61.8 Å². The van der Waals surface area contributed by atoms with Crippen molar-refractivity contribution < 1.29 is 14.6 Å². The van der Waals surface area contributed by atoms with Crippen LogP contribution in [0.3, 0.4) is 0 Å². The Balaban J connectivity index is 1.42. The van der Waals surface area contributed by atoms with E-state index in [0.29, 0.717) is 19.1 Å². The monoisotopic (exact) mass is 354 g/mol. The molecule has 0 atom stereocenters. The van der Waals surface area contributed by atoms with Crippen LogP contribution < -0.4 is 10.2 Å². The van der Waals surface area contributed by atoms with E-state index in [-0.39, 0.29) is 6.61 Å². The molecule has 1 fully saturated rings. The number of nitrogens with zero attached hydrogens (tertiary/aromatic N) is 1. The van der Waals surface area contributed by atoms with E-state index in [4.69, 9.17) is 4.74 Å². The number of carbonyl (C=O) groups excluding carboxylic acids is 1. The van der Waals surface area contributed by atoms with Crippen LogP contribution in [0.1, 0.15) is 24.0 Å². The lowest BCUT2D eigenvalue weighted by molar-refractivity contribution is 0.139. The molecule has 2 aromatic rings. The summed E-state index contributed by atoms with van der Waals surface area (Å²) in [5.74, 6) is 0.441. The second-order valence-corrected chi connectivity index (χ2v) is 6.69. The Morgan fingerprint density at radius 2 is 1.73 bits per heavy atom. The van der Waals surface area contributed by atoms with E-state index in [0.717, 1.165) is 37.1 Å². The van der Waals surface area contributed by atoms with Gasteiger partial charge < -0.3 is 20.1 Å². The number of aliphatic hydroxyl groups excluding tert-OH is 1. The number of amides is 1. The highest BCUT2D eigenvalue weighted by molar-refractivity contribution is 5.67. The molecule has 1 aliphatic heterocycles. The second-order valence-electron chi connectivity index (χ2n) is 6.69. The molecular weight excluding hydrogens is 328 g/mol. The molecule has 0 spiro atoms. The van der Waals surface area contributed by atoms with E-state index in [1.165, 1.54) is 5.69 Å². The molecular formula is C21H26N2O3. The number of alkyl carbamates (subject to hydrolysis) is 1. The average molecular weight is 354 g/mol. The van der Waals surface area contributed by atoms with Gasteiger partial charge in [-0.15, -0.1) is 0 Å². The van der Waals surface area contributed by atoms with E-state index in [1.807, 2.05) is 42.5 Å². The van der Waals surface area contributed by atoms with Gasteiger partial charge in [-0.2, -0.15) is 0 Å². The summed E-state index contributed by atoms with van der Waals surface area (Å²) in [5, 5.41) is 12.0. The van der Waals surface area contributed by atoms with E-state index in [2.05, 4.69) is 22.3 Å². The Bertz CT molecular complexity index is 680. The third-order valence-corrected chi connectivity index (χ3v) is 4.82. The van der Waals surface area contributed by atoms with Gasteiger partial charge in [-0.05, 0) is 42.0 Å². The normalized spacial score (nSPS) is 14.9. The summed E-state index contributed by atoms with van der Waals surface area (Å²) in [6.07, 6.45) is 1.66. The van der Waals surface area contributed by atoms with Crippen molar-refractivity contribution in [1.29, 1.82) is 0 Å². The molecule has 1 saturated heterocycles. The highest BCUT2D eigenvalue weighted by Gasteiger charge is 2.18. The number of ether oxygens (including phenoxy) is 1. The van der Waals surface area contributed by atoms with Crippen molar-refractivity contribution in [3.8, 4) is 0 Å². The van der Waals surface area contributed by atoms with Gasteiger partial charge in [0.05, 0.1) is 0 Å². The minimum absolute atomic E-state index is 0.273. The van der Waals surface area contributed by atoms with Gasteiger partial charge in [0.25, 0.3) is 0 Å². The van der Waals surface area contributed by atoms with E-state index >= 15 is 0 Å². The number of anilines is 1. The maximum atomic E-state index is 11.8. The van der Waals surface area contributed by atoms with Crippen molar-refractivity contribution in [2.45, 2.75) is 26.0 Å². The number of nitrogens with one attached hydrogen (secondary N) is 1. The SMILES string of the molecule is O=C(NCc1ccc(N2CCC(CO)CC2)cc1)OCc1ccccc1. The van der Waals surface area contributed by atoms with Crippen molar-refractivity contribution in [2.24, 2.45) is 5.92 Å². The van der Waals surface area contributed by atoms with Crippen LogP contribution in [0.15, 0.2) is 54.6 Å². The summed E-state index contributed by atoms with van der Waals surface area (Å²) in [4.78, 5) is 14.1. The Morgan fingerprint density at radius 3 is 2.38 bits per heavy atom. The number of hydrogen-bond donors (Lipinski definition) is 2. The van der Waals surface area contributed by atoms with Crippen molar-refractivity contribution in [1.82, 2.24) is 5.32 Å². The molecule has 3 rings (SSSR count). The molecule has 5 heteroatoms. The van der Waals surface area contributed by atoms with Crippen LogP contribution in [0, 0.1) is 5.92 Å². The number of rotatable bonds is 6. The van der Waals surface area contributed by atoms with Crippen molar-refractivity contribution in [3.05, 3.63) is 65.7 Å². The van der Waals surface area contributed by atoms with Crippen LogP contribution in [0.5, 0.6) is 0 Å². The first-order valence-corrected chi connectivity index (χ1v) is 9.14. The van der Waals surface area contributed by atoms with Crippen molar-refractivity contribution >= 4 is 11.8 Å².